The molecule has 39 heavy (non-hydrogen) atoms. The third kappa shape index (κ3) is 4.81. The highest BCUT2D eigenvalue weighted by Crippen LogP contribution is 2.52. The third-order valence-electron chi connectivity index (χ3n) is 7.26. The highest BCUT2D eigenvalue weighted by atomic mass is 19.2. The SMILES string of the molecule is C=CC(=O)C(=CC(=O)N(CC)CNC12C(=Cc3cc(F)c(F)cc31)Cc1ccccc12)OCc1ccccc1. The quantitative estimate of drug-likeness (QED) is 0.218. The second-order valence-electron chi connectivity index (χ2n) is 9.49. The summed E-state index contributed by atoms with van der Waals surface area (Å²) in [7, 11) is 0. The molecule has 0 bridgehead atoms. The largest absolute Gasteiger partial charge is 0.485 e. The Labute approximate surface area is 226 Å². The number of rotatable bonds is 10. The average molecular weight is 527 g/mol. The summed E-state index contributed by atoms with van der Waals surface area (Å²) in [5, 5.41) is 3.49. The van der Waals surface area contributed by atoms with Gasteiger partial charge in [-0.3, -0.25) is 14.9 Å². The first-order valence-electron chi connectivity index (χ1n) is 12.8. The number of benzene rings is 3. The second kappa shape index (κ2) is 10.8. The minimum Gasteiger partial charge on any atom is -0.485 e. The van der Waals surface area contributed by atoms with Crippen LogP contribution in [0.25, 0.3) is 6.08 Å². The molecule has 0 radical (unpaired) electrons. The van der Waals surface area contributed by atoms with E-state index in [4.69, 9.17) is 4.74 Å². The molecule has 1 amide bonds. The van der Waals surface area contributed by atoms with Crippen LogP contribution in [0.2, 0.25) is 0 Å². The Bertz CT molecular complexity index is 1510. The molecule has 0 aliphatic heterocycles. The van der Waals surface area contributed by atoms with Gasteiger partial charge in [-0.05, 0) is 64.9 Å². The average Bonchev–Trinajstić information content (AvgIpc) is 3.41. The number of ketones is 1. The number of carbonyl (C=O) groups is 2. The first kappa shape index (κ1) is 26.3. The molecule has 1 N–H and O–H groups in total. The number of nitrogens with zero attached hydrogens (tertiary/aromatic N) is 1. The highest BCUT2D eigenvalue weighted by molar-refractivity contribution is 6.06. The highest BCUT2D eigenvalue weighted by Gasteiger charge is 2.48. The molecule has 198 valence electrons. The number of nitrogens with one attached hydrogen (secondary N) is 1. The van der Waals surface area contributed by atoms with Crippen LogP contribution in [0.15, 0.2) is 96.8 Å². The van der Waals surface area contributed by atoms with Crippen molar-refractivity contribution in [1.82, 2.24) is 10.2 Å². The van der Waals surface area contributed by atoms with Gasteiger partial charge in [-0.1, -0.05) is 67.3 Å². The molecule has 0 spiro atoms. The number of ether oxygens (including phenoxy) is 1. The van der Waals surface area contributed by atoms with Crippen LogP contribution in [0.5, 0.6) is 0 Å². The van der Waals surface area contributed by atoms with Crippen molar-refractivity contribution < 1.29 is 23.1 Å². The van der Waals surface area contributed by atoms with E-state index in [0.29, 0.717) is 24.1 Å². The van der Waals surface area contributed by atoms with Gasteiger partial charge in [-0.25, -0.2) is 8.78 Å². The van der Waals surface area contributed by atoms with E-state index >= 15 is 0 Å². The third-order valence-corrected chi connectivity index (χ3v) is 7.26. The van der Waals surface area contributed by atoms with Gasteiger partial charge in [-0.2, -0.15) is 0 Å². The number of halogens is 2. The van der Waals surface area contributed by atoms with Crippen molar-refractivity contribution >= 4 is 17.8 Å². The van der Waals surface area contributed by atoms with Crippen LogP contribution < -0.4 is 5.32 Å². The monoisotopic (exact) mass is 526 g/mol. The van der Waals surface area contributed by atoms with E-state index in [1.807, 2.05) is 67.6 Å². The standard InChI is InChI=1S/C32H28F2N2O3/c1-3-29(37)30(39-19-21-10-6-5-7-11-21)18-31(38)36(4-2)20-35-32-24(14-22-12-8-9-13-25(22)32)15-23-16-27(33)28(34)17-26(23)32/h3,5-13,15-18,35H,1,4,14,19-20H2,2H3. The van der Waals surface area contributed by atoms with Crippen LogP contribution in [0.3, 0.4) is 0 Å². The Morgan fingerprint density at radius 2 is 1.77 bits per heavy atom. The first-order valence-corrected chi connectivity index (χ1v) is 12.8. The summed E-state index contributed by atoms with van der Waals surface area (Å²) in [5.74, 6) is -2.87. The zero-order chi connectivity index (χ0) is 27.6. The van der Waals surface area contributed by atoms with Crippen LogP contribution in [-0.4, -0.2) is 29.8 Å². The lowest BCUT2D eigenvalue weighted by Crippen LogP contribution is -2.49. The maximum Gasteiger partial charge on any atom is 0.251 e. The molecule has 5 nitrogen and oxygen atoms in total. The fraction of sp³-hybridized carbons (Fsp3) is 0.188. The van der Waals surface area contributed by atoms with E-state index in [2.05, 4.69) is 11.9 Å². The number of amides is 1. The lowest BCUT2D eigenvalue weighted by atomic mass is 9.84. The van der Waals surface area contributed by atoms with Gasteiger partial charge in [0.15, 0.2) is 17.4 Å². The minimum atomic E-state index is -0.927. The number of hydrogen-bond donors (Lipinski definition) is 1. The predicted molar refractivity (Wildman–Crippen MR) is 145 cm³/mol. The predicted octanol–water partition coefficient (Wildman–Crippen LogP) is 5.41. The van der Waals surface area contributed by atoms with E-state index in [-0.39, 0.29) is 19.0 Å². The van der Waals surface area contributed by atoms with E-state index < -0.39 is 28.9 Å². The molecule has 7 heteroatoms. The van der Waals surface area contributed by atoms with Crippen molar-refractivity contribution in [1.29, 1.82) is 0 Å². The van der Waals surface area contributed by atoms with Crippen LogP contribution in [0.1, 0.15) is 34.7 Å². The maximum atomic E-state index is 14.5. The van der Waals surface area contributed by atoms with Crippen LogP contribution in [0.4, 0.5) is 8.78 Å². The molecule has 0 saturated heterocycles. The van der Waals surface area contributed by atoms with Gasteiger partial charge < -0.3 is 9.64 Å². The molecule has 1 unspecified atom stereocenters. The summed E-state index contributed by atoms with van der Waals surface area (Å²) in [5.41, 5.74) is 4.13. The van der Waals surface area contributed by atoms with Crippen LogP contribution in [0, 0.1) is 11.6 Å². The fourth-order valence-corrected chi connectivity index (χ4v) is 5.31. The Morgan fingerprint density at radius 3 is 2.51 bits per heavy atom. The van der Waals surface area contributed by atoms with Gasteiger partial charge in [0.2, 0.25) is 5.78 Å². The zero-order valence-corrected chi connectivity index (χ0v) is 21.5. The van der Waals surface area contributed by atoms with Gasteiger partial charge in [0.05, 0.1) is 12.2 Å². The van der Waals surface area contributed by atoms with E-state index in [9.17, 15) is 18.4 Å². The molecular weight excluding hydrogens is 498 g/mol. The van der Waals surface area contributed by atoms with Gasteiger partial charge in [0, 0.05) is 12.6 Å². The number of hydrogen-bond acceptors (Lipinski definition) is 4. The van der Waals surface area contributed by atoms with Crippen molar-refractivity contribution in [3.05, 3.63) is 136 Å². The second-order valence-corrected chi connectivity index (χ2v) is 9.49. The normalized spacial score (nSPS) is 17.1. The number of likely N-dealkylation sites (N-methyl/N-ethyl adjacent to an activating group) is 1. The Balaban J connectivity index is 1.42. The molecule has 0 saturated carbocycles. The lowest BCUT2D eigenvalue weighted by molar-refractivity contribution is -0.127. The van der Waals surface area contributed by atoms with Crippen molar-refractivity contribution in [2.24, 2.45) is 0 Å². The number of fused-ring (bicyclic) bond motifs is 5. The van der Waals surface area contributed by atoms with E-state index in [1.165, 1.54) is 23.1 Å². The van der Waals surface area contributed by atoms with Crippen molar-refractivity contribution in [3.63, 3.8) is 0 Å². The van der Waals surface area contributed by atoms with E-state index in [1.54, 1.807) is 0 Å². The summed E-state index contributed by atoms with van der Waals surface area (Å²) < 4.78 is 34.3. The van der Waals surface area contributed by atoms with Crippen LogP contribution in [-0.2, 0) is 32.9 Å². The summed E-state index contributed by atoms with van der Waals surface area (Å²) in [4.78, 5) is 27.3. The topological polar surface area (TPSA) is 58.6 Å². The zero-order valence-electron chi connectivity index (χ0n) is 21.5. The Morgan fingerprint density at radius 1 is 1.05 bits per heavy atom. The van der Waals surface area contributed by atoms with Gasteiger partial charge in [0.25, 0.3) is 5.91 Å². The number of allylic oxidation sites excluding steroid dienone is 1. The minimum absolute atomic E-state index is 0.0875. The summed E-state index contributed by atoms with van der Waals surface area (Å²) in [6.45, 7) is 5.88. The lowest BCUT2D eigenvalue weighted by Gasteiger charge is -2.34. The molecule has 0 aromatic heterocycles. The van der Waals surface area contributed by atoms with Gasteiger partial charge in [0.1, 0.15) is 6.61 Å². The van der Waals surface area contributed by atoms with E-state index in [0.717, 1.165) is 28.3 Å². The molecule has 0 heterocycles. The molecule has 1 atom stereocenters. The smallest absolute Gasteiger partial charge is 0.251 e. The summed E-state index contributed by atoms with van der Waals surface area (Å²) in [6.07, 6.45) is 4.79. The van der Waals surface area contributed by atoms with Crippen LogP contribution >= 0.6 is 0 Å². The van der Waals surface area contributed by atoms with Crippen molar-refractivity contribution in [2.45, 2.75) is 25.5 Å². The molecule has 3 aromatic rings. The number of carbonyl (C=O) groups excluding carboxylic acids is 2. The molecule has 0 fully saturated rings. The Kier molecular flexibility index (Phi) is 7.26. The molecule has 2 aliphatic carbocycles. The van der Waals surface area contributed by atoms with Gasteiger partial charge in [-0.15, -0.1) is 0 Å². The van der Waals surface area contributed by atoms with Crippen molar-refractivity contribution in [3.8, 4) is 0 Å². The molecule has 3 aromatic carbocycles. The summed E-state index contributed by atoms with van der Waals surface area (Å²) in [6, 6.07) is 19.6. The van der Waals surface area contributed by atoms with Gasteiger partial charge >= 0.3 is 0 Å². The maximum absolute atomic E-state index is 14.5. The molecule has 2 aliphatic rings. The summed E-state index contributed by atoms with van der Waals surface area (Å²) >= 11 is 0. The molecule has 5 rings (SSSR count). The first-order chi connectivity index (χ1) is 18.9. The fourth-order valence-electron chi connectivity index (χ4n) is 5.31. The molecular formula is C32H28F2N2O3. The van der Waals surface area contributed by atoms with Crippen molar-refractivity contribution in [2.75, 3.05) is 13.2 Å². The Hall–Kier alpha value is -4.36.